The van der Waals surface area contributed by atoms with E-state index < -0.39 is 11.6 Å². The first-order valence-electron chi connectivity index (χ1n) is 6.78. The molecule has 2 aromatic rings. The fourth-order valence-corrected chi connectivity index (χ4v) is 3.45. The molecule has 1 unspecified atom stereocenters. The lowest BCUT2D eigenvalue weighted by atomic mass is 10.0. The highest BCUT2D eigenvalue weighted by Crippen LogP contribution is 2.33. The van der Waals surface area contributed by atoms with E-state index in [4.69, 9.17) is 0 Å². The summed E-state index contributed by atoms with van der Waals surface area (Å²) in [7, 11) is 0. The van der Waals surface area contributed by atoms with Gasteiger partial charge >= 0.3 is 0 Å². The van der Waals surface area contributed by atoms with Crippen molar-refractivity contribution in [3.05, 3.63) is 56.8 Å². The number of benzene rings is 1. The summed E-state index contributed by atoms with van der Waals surface area (Å²) in [5, 5.41) is 3.33. The van der Waals surface area contributed by atoms with Crippen LogP contribution in [0.5, 0.6) is 0 Å². The number of hydrogen-bond donors (Lipinski definition) is 1. The van der Waals surface area contributed by atoms with Crippen molar-refractivity contribution in [2.75, 3.05) is 6.54 Å². The maximum absolute atomic E-state index is 14.1. The third kappa shape index (κ3) is 3.07. The van der Waals surface area contributed by atoms with Crippen LogP contribution in [0.2, 0.25) is 0 Å². The highest BCUT2D eigenvalue weighted by molar-refractivity contribution is 7.12. The third-order valence-corrected chi connectivity index (χ3v) is 4.45. The molecule has 1 aromatic carbocycles. The van der Waals surface area contributed by atoms with Gasteiger partial charge in [-0.25, -0.2) is 8.78 Å². The van der Waals surface area contributed by atoms with Crippen molar-refractivity contribution in [2.45, 2.75) is 33.2 Å². The Hall–Kier alpha value is -1.26. The molecule has 2 rings (SSSR count). The van der Waals surface area contributed by atoms with Crippen LogP contribution in [0, 0.1) is 25.5 Å². The van der Waals surface area contributed by atoms with Crippen LogP contribution in [0.25, 0.3) is 0 Å². The van der Waals surface area contributed by atoms with Crippen molar-refractivity contribution in [3.63, 3.8) is 0 Å². The second-order valence-corrected chi connectivity index (χ2v) is 6.22. The molecule has 1 atom stereocenters. The lowest BCUT2D eigenvalue weighted by molar-refractivity contribution is 0.481. The molecule has 0 aliphatic carbocycles. The Morgan fingerprint density at radius 3 is 2.60 bits per heavy atom. The Kier molecular flexibility index (Phi) is 4.89. The van der Waals surface area contributed by atoms with Gasteiger partial charge in [0.1, 0.15) is 0 Å². The number of hydrogen-bond acceptors (Lipinski definition) is 2. The van der Waals surface area contributed by atoms with Crippen molar-refractivity contribution >= 4 is 11.3 Å². The number of rotatable bonds is 5. The Bertz CT molecular complexity index is 592. The first kappa shape index (κ1) is 15.1. The topological polar surface area (TPSA) is 12.0 Å². The fraction of sp³-hybridized carbons (Fsp3) is 0.375. The molecule has 0 aliphatic heterocycles. The quantitative estimate of drug-likeness (QED) is 0.840. The van der Waals surface area contributed by atoms with Gasteiger partial charge in [-0.05, 0) is 44.5 Å². The minimum Gasteiger partial charge on any atom is -0.305 e. The SMILES string of the molecule is CCCNC(c1cccc(F)c1F)c1sc(C)cc1C. The van der Waals surface area contributed by atoms with Crippen LogP contribution >= 0.6 is 11.3 Å². The normalized spacial score (nSPS) is 12.7. The molecule has 1 nitrogen and oxygen atoms in total. The standard InChI is InChI=1S/C16H19F2NS/c1-4-8-19-15(16-10(2)9-11(3)20-16)12-6-5-7-13(17)14(12)18/h5-7,9,15,19H,4,8H2,1-3H3. The molecule has 0 amide bonds. The van der Waals surface area contributed by atoms with Gasteiger partial charge in [0.2, 0.25) is 0 Å². The van der Waals surface area contributed by atoms with Gasteiger partial charge < -0.3 is 5.32 Å². The average molecular weight is 295 g/mol. The smallest absolute Gasteiger partial charge is 0.163 e. The molecule has 0 saturated heterocycles. The molecule has 1 N–H and O–H groups in total. The van der Waals surface area contributed by atoms with Gasteiger partial charge in [0.15, 0.2) is 11.6 Å². The van der Waals surface area contributed by atoms with Gasteiger partial charge in [0.05, 0.1) is 6.04 Å². The molecule has 1 aromatic heterocycles. The molecular weight excluding hydrogens is 276 g/mol. The minimum absolute atomic E-state index is 0.288. The van der Waals surface area contributed by atoms with Gasteiger partial charge in [0, 0.05) is 15.3 Å². The Labute approximate surface area is 122 Å². The Morgan fingerprint density at radius 2 is 2.00 bits per heavy atom. The predicted octanol–water partition coefficient (Wildman–Crippen LogP) is 4.73. The van der Waals surface area contributed by atoms with E-state index in [1.165, 1.54) is 4.88 Å². The van der Waals surface area contributed by atoms with E-state index in [0.717, 1.165) is 29.5 Å². The molecule has 4 heteroatoms. The maximum Gasteiger partial charge on any atom is 0.163 e. The van der Waals surface area contributed by atoms with Crippen LogP contribution in [-0.2, 0) is 0 Å². The van der Waals surface area contributed by atoms with Crippen LogP contribution in [0.3, 0.4) is 0 Å². The van der Waals surface area contributed by atoms with Crippen LogP contribution in [0.1, 0.15) is 40.3 Å². The summed E-state index contributed by atoms with van der Waals surface area (Å²) in [4.78, 5) is 2.23. The van der Waals surface area contributed by atoms with Crippen LogP contribution in [0.15, 0.2) is 24.3 Å². The van der Waals surface area contributed by atoms with E-state index in [2.05, 4.69) is 18.3 Å². The van der Waals surface area contributed by atoms with Gasteiger partial charge in [-0.15, -0.1) is 11.3 Å². The summed E-state index contributed by atoms with van der Waals surface area (Å²) >= 11 is 1.63. The summed E-state index contributed by atoms with van der Waals surface area (Å²) in [6.45, 7) is 6.85. The summed E-state index contributed by atoms with van der Waals surface area (Å²) in [5.41, 5.74) is 1.49. The molecule has 108 valence electrons. The second-order valence-electron chi connectivity index (χ2n) is 4.93. The minimum atomic E-state index is -0.795. The average Bonchev–Trinajstić information content (AvgIpc) is 2.74. The zero-order valence-corrected chi connectivity index (χ0v) is 12.8. The lowest BCUT2D eigenvalue weighted by Gasteiger charge is -2.19. The first-order chi connectivity index (χ1) is 9.54. The van der Waals surface area contributed by atoms with Gasteiger partial charge in [-0.1, -0.05) is 19.1 Å². The molecular formula is C16H19F2NS. The van der Waals surface area contributed by atoms with E-state index in [1.54, 1.807) is 23.5 Å². The lowest BCUT2D eigenvalue weighted by Crippen LogP contribution is -2.24. The number of halogens is 2. The molecule has 1 heterocycles. The van der Waals surface area contributed by atoms with Crippen molar-refractivity contribution in [1.29, 1.82) is 0 Å². The molecule has 0 bridgehead atoms. The zero-order valence-electron chi connectivity index (χ0n) is 12.0. The van der Waals surface area contributed by atoms with Gasteiger partial charge in [-0.2, -0.15) is 0 Å². The van der Waals surface area contributed by atoms with E-state index >= 15 is 0 Å². The molecule has 0 fully saturated rings. The largest absolute Gasteiger partial charge is 0.305 e. The van der Waals surface area contributed by atoms with E-state index in [0.29, 0.717) is 5.56 Å². The van der Waals surface area contributed by atoms with Crippen LogP contribution in [-0.4, -0.2) is 6.54 Å². The maximum atomic E-state index is 14.1. The molecule has 0 aliphatic rings. The zero-order chi connectivity index (χ0) is 14.7. The van der Waals surface area contributed by atoms with Crippen LogP contribution in [0.4, 0.5) is 8.78 Å². The summed E-state index contributed by atoms with van der Waals surface area (Å²) in [5.74, 6) is -1.55. The number of nitrogens with one attached hydrogen (secondary N) is 1. The summed E-state index contributed by atoms with van der Waals surface area (Å²) < 4.78 is 27.6. The third-order valence-electron chi connectivity index (χ3n) is 3.23. The Balaban J connectivity index is 2.47. The molecule has 20 heavy (non-hydrogen) atoms. The molecule has 0 saturated carbocycles. The van der Waals surface area contributed by atoms with Crippen molar-refractivity contribution in [1.82, 2.24) is 5.32 Å². The van der Waals surface area contributed by atoms with Crippen LogP contribution < -0.4 is 5.32 Å². The predicted molar refractivity (Wildman–Crippen MR) is 80.3 cm³/mol. The summed E-state index contributed by atoms with van der Waals surface area (Å²) in [6.07, 6.45) is 0.941. The van der Waals surface area contributed by atoms with Crippen molar-refractivity contribution in [3.8, 4) is 0 Å². The molecule has 0 radical (unpaired) electrons. The first-order valence-corrected chi connectivity index (χ1v) is 7.60. The van der Waals surface area contributed by atoms with Gasteiger partial charge in [0.25, 0.3) is 0 Å². The highest BCUT2D eigenvalue weighted by Gasteiger charge is 2.22. The van der Waals surface area contributed by atoms with Crippen molar-refractivity contribution in [2.24, 2.45) is 0 Å². The number of aryl methyl sites for hydroxylation is 2. The van der Waals surface area contributed by atoms with Gasteiger partial charge in [-0.3, -0.25) is 0 Å². The number of thiophene rings is 1. The summed E-state index contributed by atoms with van der Waals surface area (Å²) in [6, 6.07) is 6.16. The fourth-order valence-electron chi connectivity index (χ4n) is 2.32. The van der Waals surface area contributed by atoms with E-state index in [9.17, 15) is 8.78 Å². The van der Waals surface area contributed by atoms with Crippen molar-refractivity contribution < 1.29 is 8.78 Å². The highest BCUT2D eigenvalue weighted by atomic mass is 32.1. The molecule has 0 spiro atoms. The second kappa shape index (κ2) is 6.46. The van der Waals surface area contributed by atoms with E-state index in [-0.39, 0.29) is 6.04 Å². The monoisotopic (exact) mass is 295 g/mol. The van der Waals surface area contributed by atoms with E-state index in [1.807, 2.05) is 13.8 Å². The Morgan fingerprint density at radius 1 is 1.25 bits per heavy atom.